The first-order chi connectivity index (χ1) is 17.0. The summed E-state index contributed by atoms with van der Waals surface area (Å²) >= 11 is 5.90. The van der Waals surface area contributed by atoms with Crippen molar-refractivity contribution < 1.29 is 9.53 Å². The highest BCUT2D eigenvalue weighted by Crippen LogP contribution is 2.28. The molecule has 35 heavy (non-hydrogen) atoms. The quantitative estimate of drug-likeness (QED) is 0.454. The maximum absolute atomic E-state index is 12.7. The number of aromatic nitrogens is 3. The molecule has 4 aromatic rings. The van der Waals surface area contributed by atoms with Crippen molar-refractivity contribution in [1.29, 1.82) is 0 Å². The summed E-state index contributed by atoms with van der Waals surface area (Å²) in [5.74, 6) is 1.43. The topological polar surface area (TPSA) is 97.5 Å². The van der Waals surface area contributed by atoms with E-state index in [0.29, 0.717) is 53.8 Å². The molecule has 0 atom stereocenters. The molecule has 3 heterocycles. The maximum Gasteiger partial charge on any atom is 0.260 e. The third-order valence-electron chi connectivity index (χ3n) is 6.00. The maximum atomic E-state index is 12.7. The second-order valence-electron chi connectivity index (χ2n) is 8.45. The van der Waals surface area contributed by atoms with Gasteiger partial charge in [0, 0.05) is 36.8 Å². The molecule has 1 saturated heterocycles. The number of pyridine rings is 1. The molecule has 0 aliphatic carbocycles. The molecule has 0 bridgehead atoms. The highest BCUT2D eigenvalue weighted by atomic mass is 35.5. The number of amides is 1. The number of nitrogens with two attached hydrogens (primary N) is 1. The van der Waals surface area contributed by atoms with E-state index in [1.54, 1.807) is 29.2 Å². The Labute approximate surface area is 208 Å². The molecule has 2 N–H and O–H groups in total. The molecule has 9 heteroatoms. The van der Waals surface area contributed by atoms with Crippen LogP contribution in [0.15, 0.2) is 60.7 Å². The van der Waals surface area contributed by atoms with E-state index in [1.165, 1.54) is 5.56 Å². The number of rotatable bonds is 5. The summed E-state index contributed by atoms with van der Waals surface area (Å²) in [5.41, 5.74) is 10.5. The molecule has 2 aromatic heterocycles. The Balaban J connectivity index is 1.30. The van der Waals surface area contributed by atoms with Gasteiger partial charge in [-0.1, -0.05) is 41.4 Å². The van der Waals surface area contributed by atoms with Crippen LogP contribution in [0, 0.1) is 6.92 Å². The minimum atomic E-state index is -0.0635. The predicted octanol–water partition coefficient (Wildman–Crippen LogP) is 3.96. The number of benzene rings is 2. The molecule has 0 unspecified atom stereocenters. The molecule has 5 rings (SSSR count). The first-order valence-electron chi connectivity index (χ1n) is 11.4. The molecule has 8 nitrogen and oxygen atoms in total. The van der Waals surface area contributed by atoms with Gasteiger partial charge in [0.25, 0.3) is 5.91 Å². The Morgan fingerprint density at radius 2 is 1.66 bits per heavy atom. The number of carbonyl (C=O) groups is 1. The number of hydrogen-bond acceptors (Lipinski definition) is 7. The van der Waals surface area contributed by atoms with Gasteiger partial charge in [0.1, 0.15) is 11.3 Å². The van der Waals surface area contributed by atoms with Gasteiger partial charge in [0.05, 0.1) is 11.2 Å². The van der Waals surface area contributed by atoms with Crippen LogP contribution in [0.1, 0.15) is 5.56 Å². The zero-order chi connectivity index (χ0) is 24.4. The van der Waals surface area contributed by atoms with Crippen molar-refractivity contribution in [3.05, 3.63) is 71.2 Å². The number of nitrogens with zero attached hydrogens (tertiary/aromatic N) is 5. The Bertz CT molecular complexity index is 1350. The molecular formula is C26H25ClN6O2. The van der Waals surface area contributed by atoms with Crippen LogP contribution in [0.2, 0.25) is 5.02 Å². The van der Waals surface area contributed by atoms with E-state index in [4.69, 9.17) is 27.1 Å². The molecule has 0 radical (unpaired) electrons. The summed E-state index contributed by atoms with van der Waals surface area (Å²) in [6.07, 6.45) is 0. The van der Waals surface area contributed by atoms with Crippen molar-refractivity contribution >= 4 is 40.3 Å². The van der Waals surface area contributed by atoms with Crippen LogP contribution in [0.4, 0.5) is 11.8 Å². The van der Waals surface area contributed by atoms with Crippen LogP contribution in [-0.2, 0) is 4.79 Å². The molecule has 2 aromatic carbocycles. The van der Waals surface area contributed by atoms with Crippen molar-refractivity contribution in [2.45, 2.75) is 6.92 Å². The lowest BCUT2D eigenvalue weighted by atomic mass is 10.1. The standard InChI is InChI=1S/C26H25ClN6O2/c1-17-2-4-18(5-3-17)21-10-11-22-24(29-21)25(31-26(28)30-22)33-14-12-32(13-15-33)23(34)16-35-20-8-6-19(27)7-9-20/h2-11H,12-16H2,1H3,(H2,28,30,31). The van der Waals surface area contributed by atoms with Gasteiger partial charge >= 0.3 is 0 Å². The summed E-state index contributed by atoms with van der Waals surface area (Å²) in [7, 11) is 0. The predicted molar refractivity (Wildman–Crippen MR) is 138 cm³/mol. The number of aryl methyl sites for hydroxylation is 1. The van der Waals surface area contributed by atoms with Gasteiger partial charge in [-0.3, -0.25) is 4.79 Å². The van der Waals surface area contributed by atoms with Gasteiger partial charge in [-0.15, -0.1) is 0 Å². The number of piperazine rings is 1. The first-order valence-corrected chi connectivity index (χ1v) is 11.8. The van der Waals surface area contributed by atoms with Crippen molar-refractivity contribution in [2.24, 2.45) is 0 Å². The highest BCUT2D eigenvalue weighted by molar-refractivity contribution is 6.30. The second kappa shape index (κ2) is 9.76. The zero-order valence-electron chi connectivity index (χ0n) is 19.3. The monoisotopic (exact) mass is 488 g/mol. The van der Waals surface area contributed by atoms with Gasteiger partial charge in [-0.25, -0.2) is 9.97 Å². The number of hydrogen-bond donors (Lipinski definition) is 1. The van der Waals surface area contributed by atoms with Crippen LogP contribution >= 0.6 is 11.6 Å². The average Bonchev–Trinajstić information content (AvgIpc) is 2.88. The van der Waals surface area contributed by atoms with Gasteiger partial charge in [0.15, 0.2) is 12.4 Å². The Morgan fingerprint density at radius 1 is 0.943 bits per heavy atom. The zero-order valence-corrected chi connectivity index (χ0v) is 20.1. The number of halogens is 1. The summed E-state index contributed by atoms with van der Waals surface area (Å²) < 4.78 is 5.61. The average molecular weight is 489 g/mol. The minimum absolute atomic E-state index is 0.0213. The third-order valence-corrected chi connectivity index (χ3v) is 6.25. The molecule has 1 fully saturated rings. The molecule has 1 aliphatic rings. The lowest BCUT2D eigenvalue weighted by molar-refractivity contribution is -0.133. The fraction of sp³-hybridized carbons (Fsp3) is 0.231. The van der Waals surface area contributed by atoms with Crippen LogP contribution in [-0.4, -0.2) is 58.5 Å². The summed E-state index contributed by atoms with van der Waals surface area (Å²) in [5, 5.41) is 0.623. The first kappa shape index (κ1) is 22.9. The van der Waals surface area contributed by atoms with Crippen LogP contribution < -0.4 is 15.4 Å². The van der Waals surface area contributed by atoms with Gasteiger partial charge in [0.2, 0.25) is 5.95 Å². The summed E-state index contributed by atoms with van der Waals surface area (Å²) in [6.45, 7) is 4.34. The number of fused-ring (bicyclic) bond motifs is 1. The molecule has 178 valence electrons. The molecular weight excluding hydrogens is 464 g/mol. The Kier molecular flexibility index (Phi) is 6.37. The smallest absolute Gasteiger partial charge is 0.260 e. The molecule has 1 aliphatic heterocycles. The van der Waals surface area contributed by atoms with Gasteiger partial charge in [-0.2, -0.15) is 4.98 Å². The number of anilines is 2. The van der Waals surface area contributed by atoms with E-state index < -0.39 is 0 Å². The van der Waals surface area contributed by atoms with E-state index in [-0.39, 0.29) is 18.5 Å². The normalized spacial score (nSPS) is 13.8. The number of carbonyl (C=O) groups excluding carboxylic acids is 1. The fourth-order valence-corrected chi connectivity index (χ4v) is 4.18. The molecule has 0 spiro atoms. The van der Waals surface area contributed by atoms with E-state index in [2.05, 4.69) is 46.1 Å². The van der Waals surface area contributed by atoms with E-state index in [9.17, 15) is 4.79 Å². The summed E-state index contributed by atoms with van der Waals surface area (Å²) in [6, 6.07) is 19.1. The van der Waals surface area contributed by atoms with Gasteiger partial charge in [-0.05, 0) is 43.3 Å². The summed E-state index contributed by atoms with van der Waals surface area (Å²) in [4.78, 5) is 30.3. The largest absolute Gasteiger partial charge is 0.484 e. The van der Waals surface area contributed by atoms with Crippen molar-refractivity contribution in [3.63, 3.8) is 0 Å². The van der Waals surface area contributed by atoms with Crippen LogP contribution in [0.5, 0.6) is 5.75 Å². The van der Waals surface area contributed by atoms with Gasteiger partial charge < -0.3 is 20.3 Å². The van der Waals surface area contributed by atoms with Crippen molar-refractivity contribution in [3.8, 4) is 17.0 Å². The second-order valence-corrected chi connectivity index (χ2v) is 8.88. The lowest BCUT2D eigenvalue weighted by Gasteiger charge is -2.35. The van der Waals surface area contributed by atoms with E-state index in [1.807, 2.05) is 12.1 Å². The molecule has 1 amide bonds. The highest BCUT2D eigenvalue weighted by Gasteiger charge is 2.24. The minimum Gasteiger partial charge on any atom is -0.484 e. The third kappa shape index (κ3) is 5.12. The Hall–Kier alpha value is -3.91. The SMILES string of the molecule is Cc1ccc(-c2ccc3nc(N)nc(N4CCN(C(=O)COc5ccc(Cl)cc5)CC4)c3n2)cc1. The van der Waals surface area contributed by atoms with Crippen molar-refractivity contribution in [1.82, 2.24) is 19.9 Å². The Morgan fingerprint density at radius 3 is 2.37 bits per heavy atom. The van der Waals surface area contributed by atoms with Crippen molar-refractivity contribution in [2.75, 3.05) is 43.4 Å². The van der Waals surface area contributed by atoms with E-state index >= 15 is 0 Å². The fourth-order valence-electron chi connectivity index (χ4n) is 4.06. The molecule has 0 saturated carbocycles. The van der Waals surface area contributed by atoms with Crippen LogP contribution in [0.3, 0.4) is 0 Å². The lowest BCUT2D eigenvalue weighted by Crippen LogP contribution is -2.50. The van der Waals surface area contributed by atoms with E-state index in [0.717, 1.165) is 11.3 Å². The number of ether oxygens (including phenoxy) is 1. The van der Waals surface area contributed by atoms with Crippen LogP contribution in [0.25, 0.3) is 22.3 Å². The number of nitrogen functional groups attached to an aromatic ring is 1.